The predicted octanol–water partition coefficient (Wildman–Crippen LogP) is 3.00. The number of aromatic nitrogens is 1. The number of H-pyrrole nitrogens is 1. The Hall–Kier alpha value is -3.08. The summed E-state index contributed by atoms with van der Waals surface area (Å²) in [5.74, 6) is -0.665. The molecule has 0 saturated heterocycles. The van der Waals surface area contributed by atoms with Gasteiger partial charge in [-0.15, -0.1) is 0 Å². The van der Waals surface area contributed by atoms with Gasteiger partial charge in [0, 0.05) is 24.4 Å². The van der Waals surface area contributed by atoms with Gasteiger partial charge in [0.15, 0.2) is 0 Å². The largest absolute Gasteiger partial charge is 0.464 e. The molecule has 0 saturated carbocycles. The van der Waals surface area contributed by atoms with E-state index in [9.17, 15) is 9.59 Å². The van der Waals surface area contributed by atoms with Crippen LogP contribution in [0.4, 0.5) is 0 Å². The summed E-state index contributed by atoms with van der Waals surface area (Å²) in [6, 6.07) is 15.3. The van der Waals surface area contributed by atoms with Crippen LogP contribution in [0.3, 0.4) is 0 Å². The second kappa shape index (κ2) is 6.33. The Morgan fingerprint density at radius 1 is 1.08 bits per heavy atom. The highest BCUT2D eigenvalue weighted by atomic mass is 16.5. The van der Waals surface area contributed by atoms with Crippen LogP contribution >= 0.6 is 0 Å². The minimum atomic E-state index is -1.06. The second-order valence-electron chi connectivity index (χ2n) is 6.63. The second-order valence-corrected chi connectivity index (χ2v) is 6.63. The molecule has 4 rings (SSSR count). The molecule has 0 bridgehead atoms. The molecule has 0 spiro atoms. The van der Waals surface area contributed by atoms with Crippen molar-refractivity contribution in [1.82, 2.24) is 10.3 Å². The zero-order chi connectivity index (χ0) is 18.1. The molecule has 5 nitrogen and oxygen atoms in total. The molecule has 1 aromatic heterocycles. The molecule has 132 valence electrons. The van der Waals surface area contributed by atoms with Crippen LogP contribution in [-0.4, -0.2) is 29.0 Å². The summed E-state index contributed by atoms with van der Waals surface area (Å²) in [5, 5.41) is 3.94. The number of nitrogens with one attached hydrogen (secondary N) is 2. The number of carbonyl (C=O) groups excluding carboxylic acids is 2. The number of rotatable bonds is 4. The highest BCUT2D eigenvalue weighted by molar-refractivity contribution is 6.07. The molecule has 26 heavy (non-hydrogen) atoms. The number of benzene rings is 2. The van der Waals surface area contributed by atoms with Gasteiger partial charge in [0.05, 0.1) is 17.7 Å². The molecular weight excluding hydrogens is 328 g/mol. The monoisotopic (exact) mass is 348 g/mol. The third kappa shape index (κ3) is 2.65. The van der Waals surface area contributed by atoms with Gasteiger partial charge in [0.25, 0.3) is 5.91 Å². The average Bonchev–Trinajstić information content (AvgIpc) is 3.26. The van der Waals surface area contributed by atoms with Crippen molar-refractivity contribution < 1.29 is 14.3 Å². The topological polar surface area (TPSA) is 71.2 Å². The van der Waals surface area contributed by atoms with Gasteiger partial charge < -0.3 is 15.0 Å². The fourth-order valence-corrected chi connectivity index (χ4v) is 3.73. The van der Waals surface area contributed by atoms with Gasteiger partial charge in [-0.05, 0) is 30.2 Å². The molecule has 1 aliphatic rings. The molecule has 1 amide bonds. The molecule has 2 N–H and O–H groups in total. The summed E-state index contributed by atoms with van der Waals surface area (Å²) in [6.45, 7) is 2.05. The van der Waals surface area contributed by atoms with Crippen LogP contribution in [-0.2, 0) is 22.4 Å². The SMILES string of the molecule is CCOC(=O)C1(NC(=O)c2cccc3cc[nH]c23)Cc2ccccc2C1. The Morgan fingerprint density at radius 2 is 1.81 bits per heavy atom. The third-order valence-electron chi connectivity index (χ3n) is 4.95. The number of hydrogen-bond donors (Lipinski definition) is 2. The van der Waals surface area contributed by atoms with Crippen LogP contribution < -0.4 is 5.32 Å². The van der Waals surface area contributed by atoms with E-state index in [1.165, 1.54) is 0 Å². The lowest BCUT2D eigenvalue weighted by atomic mass is 9.94. The Labute approximate surface area is 151 Å². The molecule has 0 radical (unpaired) electrons. The minimum absolute atomic E-state index is 0.277. The van der Waals surface area contributed by atoms with E-state index in [1.807, 2.05) is 42.5 Å². The van der Waals surface area contributed by atoms with Crippen molar-refractivity contribution in [2.24, 2.45) is 0 Å². The van der Waals surface area contributed by atoms with E-state index >= 15 is 0 Å². The van der Waals surface area contributed by atoms with Gasteiger partial charge in [0.2, 0.25) is 0 Å². The molecule has 0 atom stereocenters. The number of esters is 1. The van der Waals surface area contributed by atoms with Crippen LogP contribution in [0.15, 0.2) is 54.7 Å². The number of hydrogen-bond acceptors (Lipinski definition) is 3. The van der Waals surface area contributed by atoms with E-state index in [2.05, 4.69) is 10.3 Å². The van der Waals surface area contributed by atoms with Crippen molar-refractivity contribution in [2.75, 3.05) is 6.61 Å². The molecular formula is C21H20N2O3. The summed E-state index contributed by atoms with van der Waals surface area (Å²) in [5.41, 5.74) is 2.36. The number of fused-ring (bicyclic) bond motifs is 2. The molecule has 3 aromatic rings. The molecule has 2 aromatic carbocycles. The number of para-hydroxylation sites is 1. The molecule has 0 aliphatic heterocycles. The summed E-state index contributed by atoms with van der Waals surface area (Å²) >= 11 is 0. The van der Waals surface area contributed by atoms with E-state index in [0.717, 1.165) is 22.0 Å². The van der Waals surface area contributed by atoms with Crippen molar-refractivity contribution in [3.05, 3.63) is 71.4 Å². The maximum absolute atomic E-state index is 13.0. The first kappa shape index (κ1) is 16.4. The van der Waals surface area contributed by atoms with Gasteiger partial charge in [-0.3, -0.25) is 4.79 Å². The lowest BCUT2D eigenvalue weighted by molar-refractivity contribution is -0.150. The lowest BCUT2D eigenvalue weighted by Gasteiger charge is -2.28. The van der Waals surface area contributed by atoms with E-state index in [1.54, 1.807) is 19.2 Å². The first-order valence-corrected chi connectivity index (χ1v) is 8.75. The van der Waals surface area contributed by atoms with Crippen LogP contribution in [0.25, 0.3) is 10.9 Å². The van der Waals surface area contributed by atoms with Crippen LogP contribution in [0.5, 0.6) is 0 Å². The summed E-state index contributed by atoms with van der Waals surface area (Å²) in [7, 11) is 0. The molecule has 1 aliphatic carbocycles. The third-order valence-corrected chi connectivity index (χ3v) is 4.95. The molecule has 0 fully saturated rings. The zero-order valence-electron chi connectivity index (χ0n) is 14.5. The first-order chi connectivity index (χ1) is 12.6. The van der Waals surface area contributed by atoms with Crippen LogP contribution in [0.2, 0.25) is 0 Å². The van der Waals surface area contributed by atoms with Gasteiger partial charge in [0.1, 0.15) is 5.54 Å². The molecule has 5 heteroatoms. The normalized spacial score (nSPS) is 14.8. The van der Waals surface area contributed by atoms with Crippen LogP contribution in [0.1, 0.15) is 28.4 Å². The van der Waals surface area contributed by atoms with Gasteiger partial charge in [-0.2, -0.15) is 0 Å². The van der Waals surface area contributed by atoms with Gasteiger partial charge >= 0.3 is 5.97 Å². The van der Waals surface area contributed by atoms with Crippen LogP contribution in [0, 0.1) is 0 Å². The van der Waals surface area contributed by atoms with Crippen molar-refractivity contribution in [1.29, 1.82) is 0 Å². The molecule has 0 unspecified atom stereocenters. The summed E-state index contributed by atoms with van der Waals surface area (Å²) < 4.78 is 5.31. The van der Waals surface area contributed by atoms with E-state index < -0.39 is 5.54 Å². The lowest BCUT2D eigenvalue weighted by Crippen LogP contribution is -2.56. The van der Waals surface area contributed by atoms with Crippen molar-refractivity contribution in [2.45, 2.75) is 25.3 Å². The maximum Gasteiger partial charge on any atom is 0.332 e. The maximum atomic E-state index is 13.0. The predicted molar refractivity (Wildman–Crippen MR) is 99.0 cm³/mol. The fraction of sp³-hybridized carbons (Fsp3) is 0.238. The Bertz CT molecular complexity index is 965. The van der Waals surface area contributed by atoms with Crippen molar-refractivity contribution >= 4 is 22.8 Å². The molecule has 1 heterocycles. The van der Waals surface area contributed by atoms with Gasteiger partial charge in [-0.25, -0.2) is 4.79 Å². The van der Waals surface area contributed by atoms with E-state index in [4.69, 9.17) is 4.74 Å². The summed E-state index contributed by atoms with van der Waals surface area (Å²) in [4.78, 5) is 28.9. The average molecular weight is 348 g/mol. The Morgan fingerprint density at radius 3 is 2.50 bits per heavy atom. The Balaban J connectivity index is 1.69. The number of ether oxygens (including phenoxy) is 1. The zero-order valence-corrected chi connectivity index (χ0v) is 14.5. The van der Waals surface area contributed by atoms with E-state index in [0.29, 0.717) is 18.4 Å². The Kier molecular flexibility index (Phi) is 3.99. The minimum Gasteiger partial charge on any atom is -0.464 e. The number of amides is 1. The van der Waals surface area contributed by atoms with Gasteiger partial charge in [-0.1, -0.05) is 36.4 Å². The number of aromatic amines is 1. The highest BCUT2D eigenvalue weighted by Crippen LogP contribution is 2.32. The number of carbonyl (C=O) groups is 2. The smallest absolute Gasteiger partial charge is 0.332 e. The first-order valence-electron chi connectivity index (χ1n) is 8.75. The summed E-state index contributed by atoms with van der Waals surface area (Å²) in [6.07, 6.45) is 2.68. The van der Waals surface area contributed by atoms with Crippen molar-refractivity contribution in [3.8, 4) is 0 Å². The fourth-order valence-electron chi connectivity index (χ4n) is 3.73. The standard InChI is InChI=1S/C21H20N2O3/c1-2-26-20(25)21(12-15-6-3-4-7-16(15)13-21)23-19(24)17-9-5-8-14-10-11-22-18(14)17/h3-11,22H,2,12-13H2,1H3,(H,23,24). The quantitative estimate of drug-likeness (QED) is 0.712. The van der Waals surface area contributed by atoms with E-state index in [-0.39, 0.29) is 18.5 Å². The highest BCUT2D eigenvalue weighted by Gasteiger charge is 2.46. The van der Waals surface area contributed by atoms with Crippen molar-refractivity contribution in [3.63, 3.8) is 0 Å².